The van der Waals surface area contributed by atoms with Gasteiger partial charge in [0.25, 0.3) is 0 Å². The van der Waals surface area contributed by atoms with Gasteiger partial charge in [-0.15, -0.1) is 0 Å². The zero-order chi connectivity index (χ0) is 13.3. The highest BCUT2D eigenvalue weighted by Crippen LogP contribution is 2.27. The van der Waals surface area contributed by atoms with Crippen LogP contribution in [0.4, 0.5) is 0 Å². The topological polar surface area (TPSA) is 52.5 Å². The molecule has 1 aromatic rings. The lowest BCUT2D eigenvalue weighted by atomic mass is 9.97. The number of halogens is 1. The van der Waals surface area contributed by atoms with Gasteiger partial charge in [-0.25, -0.2) is 0 Å². The average molecular weight is 258 g/mol. The Kier molecular flexibility index (Phi) is 4.20. The zero-order valence-electron chi connectivity index (χ0n) is 10.7. The van der Waals surface area contributed by atoms with Crippen molar-refractivity contribution in [2.45, 2.75) is 45.1 Å². The van der Waals surface area contributed by atoms with Crippen molar-refractivity contribution in [1.29, 1.82) is 0 Å². The molecule has 0 aliphatic heterocycles. The first-order chi connectivity index (χ1) is 7.62. The molecule has 2 unspecified atom stereocenters. The van der Waals surface area contributed by atoms with Crippen LogP contribution < -0.4 is 5.32 Å². The molecule has 1 aromatic carbocycles. The van der Waals surface area contributed by atoms with Crippen LogP contribution in [-0.2, 0) is 0 Å². The van der Waals surface area contributed by atoms with Crippen molar-refractivity contribution in [1.82, 2.24) is 5.32 Å². The van der Waals surface area contributed by atoms with E-state index >= 15 is 0 Å². The third kappa shape index (κ3) is 4.28. The summed E-state index contributed by atoms with van der Waals surface area (Å²) >= 11 is 5.86. The SMILES string of the molecule is CC(C)(C)NC(C)(O)C(O)c1cccc(Cl)c1. The number of hydrogen-bond donors (Lipinski definition) is 3. The van der Waals surface area contributed by atoms with Gasteiger partial charge >= 0.3 is 0 Å². The molecule has 0 bridgehead atoms. The Bertz CT molecular complexity index is 385. The van der Waals surface area contributed by atoms with Crippen molar-refractivity contribution in [3.8, 4) is 0 Å². The van der Waals surface area contributed by atoms with E-state index in [9.17, 15) is 10.2 Å². The van der Waals surface area contributed by atoms with Crippen molar-refractivity contribution < 1.29 is 10.2 Å². The first kappa shape index (κ1) is 14.5. The number of nitrogens with one attached hydrogen (secondary N) is 1. The number of rotatable bonds is 3. The van der Waals surface area contributed by atoms with Gasteiger partial charge in [-0.3, -0.25) is 5.32 Å². The predicted octanol–water partition coefficient (Wildman–Crippen LogP) is 2.47. The summed E-state index contributed by atoms with van der Waals surface area (Å²) in [6.07, 6.45) is -1.04. The van der Waals surface area contributed by atoms with E-state index in [0.717, 1.165) is 0 Å². The summed E-state index contributed by atoms with van der Waals surface area (Å²) in [5.74, 6) is 0. The van der Waals surface area contributed by atoms with Crippen molar-refractivity contribution in [2.75, 3.05) is 0 Å². The molecule has 0 saturated carbocycles. The monoisotopic (exact) mass is 257 g/mol. The molecular formula is C13H20ClNO2. The lowest BCUT2D eigenvalue weighted by molar-refractivity contribution is -0.101. The summed E-state index contributed by atoms with van der Waals surface area (Å²) in [7, 11) is 0. The summed E-state index contributed by atoms with van der Waals surface area (Å²) < 4.78 is 0. The largest absolute Gasteiger partial charge is 0.384 e. The van der Waals surface area contributed by atoms with Crippen LogP contribution in [0, 0.1) is 0 Å². The third-order valence-corrected chi connectivity index (χ3v) is 2.56. The summed E-state index contributed by atoms with van der Waals surface area (Å²) in [6.45, 7) is 7.31. The lowest BCUT2D eigenvalue weighted by Gasteiger charge is -2.37. The normalized spacial score (nSPS) is 17.6. The molecule has 0 heterocycles. The van der Waals surface area contributed by atoms with Crippen LogP contribution in [0.1, 0.15) is 39.4 Å². The molecule has 0 aromatic heterocycles. The van der Waals surface area contributed by atoms with Gasteiger partial charge in [0.1, 0.15) is 11.8 Å². The van der Waals surface area contributed by atoms with Crippen LogP contribution in [0.15, 0.2) is 24.3 Å². The van der Waals surface area contributed by atoms with E-state index < -0.39 is 11.8 Å². The van der Waals surface area contributed by atoms with Gasteiger partial charge < -0.3 is 10.2 Å². The number of aliphatic hydroxyl groups is 2. The van der Waals surface area contributed by atoms with E-state index in [1.807, 2.05) is 20.8 Å². The van der Waals surface area contributed by atoms with Gasteiger partial charge in [-0.05, 0) is 45.4 Å². The summed E-state index contributed by atoms with van der Waals surface area (Å²) in [5, 5.41) is 23.9. The van der Waals surface area contributed by atoms with E-state index in [-0.39, 0.29) is 5.54 Å². The molecule has 3 N–H and O–H groups in total. The zero-order valence-corrected chi connectivity index (χ0v) is 11.4. The van der Waals surface area contributed by atoms with E-state index in [0.29, 0.717) is 10.6 Å². The summed E-state index contributed by atoms with van der Waals surface area (Å²) in [5.41, 5.74) is -1.13. The second-order valence-corrected chi connectivity index (χ2v) is 5.92. The van der Waals surface area contributed by atoms with E-state index in [2.05, 4.69) is 5.32 Å². The number of aliphatic hydroxyl groups excluding tert-OH is 1. The lowest BCUT2D eigenvalue weighted by Crippen LogP contribution is -2.55. The second kappa shape index (κ2) is 4.94. The van der Waals surface area contributed by atoms with Gasteiger partial charge in [-0.1, -0.05) is 23.7 Å². The molecule has 0 aliphatic carbocycles. The Labute approximate surface area is 107 Å². The molecule has 0 aliphatic rings. The van der Waals surface area contributed by atoms with E-state index in [4.69, 9.17) is 11.6 Å². The van der Waals surface area contributed by atoms with Crippen LogP contribution in [0.3, 0.4) is 0 Å². The van der Waals surface area contributed by atoms with Crippen LogP contribution in [-0.4, -0.2) is 21.5 Å². The molecule has 1 rings (SSSR count). The second-order valence-electron chi connectivity index (χ2n) is 5.48. The maximum Gasteiger partial charge on any atom is 0.143 e. The third-order valence-electron chi connectivity index (χ3n) is 2.32. The minimum Gasteiger partial charge on any atom is -0.384 e. The molecule has 17 heavy (non-hydrogen) atoms. The van der Waals surface area contributed by atoms with E-state index in [1.165, 1.54) is 0 Å². The Balaban J connectivity index is 2.92. The smallest absolute Gasteiger partial charge is 0.143 e. The number of hydrogen-bond acceptors (Lipinski definition) is 3. The molecule has 3 nitrogen and oxygen atoms in total. The first-order valence-electron chi connectivity index (χ1n) is 5.57. The minimum atomic E-state index is -1.41. The van der Waals surface area contributed by atoms with Crippen molar-refractivity contribution in [2.24, 2.45) is 0 Å². The molecule has 0 amide bonds. The van der Waals surface area contributed by atoms with Gasteiger partial charge in [0, 0.05) is 10.6 Å². The van der Waals surface area contributed by atoms with Crippen LogP contribution in [0.5, 0.6) is 0 Å². The molecule has 2 atom stereocenters. The molecule has 0 saturated heterocycles. The molecule has 0 spiro atoms. The average Bonchev–Trinajstić information content (AvgIpc) is 2.12. The van der Waals surface area contributed by atoms with Crippen LogP contribution in [0.25, 0.3) is 0 Å². The molecular weight excluding hydrogens is 238 g/mol. The molecule has 0 fully saturated rings. The first-order valence-corrected chi connectivity index (χ1v) is 5.95. The standard InChI is InChI=1S/C13H20ClNO2/c1-12(2,3)15-13(4,17)11(16)9-6-5-7-10(14)8-9/h5-8,11,15-17H,1-4H3. The molecule has 96 valence electrons. The maximum absolute atomic E-state index is 10.3. The fraction of sp³-hybridized carbons (Fsp3) is 0.538. The van der Waals surface area contributed by atoms with Crippen LogP contribution >= 0.6 is 11.6 Å². The van der Waals surface area contributed by atoms with Gasteiger partial charge in [-0.2, -0.15) is 0 Å². The van der Waals surface area contributed by atoms with E-state index in [1.54, 1.807) is 31.2 Å². The fourth-order valence-corrected chi connectivity index (χ4v) is 2.03. The Morgan fingerprint density at radius 2 is 1.82 bits per heavy atom. The summed E-state index contributed by atoms with van der Waals surface area (Å²) in [4.78, 5) is 0. The quantitative estimate of drug-likeness (QED) is 0.729. The predicted molar refractivity (Wildman–Crippen MR) is 69.9 cm³/mol. The maximum atomic E-state index is 10.3. The van der Waals surface area contributed by atoms with Crippen LogP contribution in [0.2, 0.25) is 5.02 Å². The highest BCUT2D eigenvalue weighted by atomic mass is 35.5. The molecule has 0 radical (unpaired) electrons. The highest BCUT2D eigenvalue weighted by molar-refractivity contribution is 6.30. The Hall–Kier alpha value is -0.610. The van der Waals surface area contributed by atoms with Crippen molar-refractivity contribution in [3.05, 3.63) is 34.9 Å². The van der Waals surface area contributed by atoms with Crippen molar-refractivity contribution in [3.63, 3.8) is 0 Å². The Morgan fingerprint density at radius 1 is 1.24 bits per heavy atom. The van der Waals surface area contributed by atoms with Gasteiger partial charge in [0.05, 0.1) is 0 Å². The van der Waals surface area contributed by atoms with Crippen molar-refractivity contribution >= 4 is 11.6 Å². The minimum absolute atomic E-state index is 0.303. The Morgan fingerprint density at radius 3 is 2.29 bits per heavy atom. The fourth-order valence-electron chi connectivity index (χ4n) is 1.83. The summed E-state index contributed by atoms with van der Waals surface area (Å²) in [6, 6.07) is 6.85. The van der Waals surface area contributed by atoms with Gasteiger partial charge in [0.15, 0.2) is 0 Å². The highest BCUT2D eigenvalue weighted by Gasteiger charge is 2.34. The van der Waals surface area contributed by atoms with Gasteiger partial charge in [0.2, 0.25) is 0 Å². The number of benzene rings is 1. The molecule has 4 heteroatoms.